The molecule has 3 fully saturated rings. The van der Waals surface area contributed by atoms with E-state index in [-0.39, 0.29) is 29.4 Å². The number of nitrogens with zero attached hydrogens (tertiary/aromatic N) is 6. The molecule has 4 aromatic rings. The average Bonchev–Trinajstić information content (AvgIpc) is 3.55. The summed E-state index contributed by atoms with van der Waals surface area (Å²) in [5, 5.41) is 10.4. The number of benzene rings is 2. The van der Waals surface area contributed by atoms with E-state index in [0.29, 0.717) is 37.1 Å². The Morgan fingerprint density at radius 2 is 1.55 bits per heavy atom. The Kier molecular flexibility index (Phi) is 13.1. The number of rotatable bonds is 13. The first kappa shape index (κ1) is 39.5. The van der Waals surface area contributed by atoms with Crippen molar-refractivity contribution < 1.29 is 23.5 Å². The zero-order chi connectivity index (χ0) is 39.0. The highest BCUT2D eigenvalue weighted by atomic mass is 19.1. The number of aromatic nitrogens is 3. The van der Waals surface area contributed by atoms with Gasteiger partial charge in [0.2, 0.25) is 5.88 Å². The molecule has 298 valence electrons. The van der Waals surface area contributed by atoms with Crippen LogP contribution in [0.5, 0.6) is 11.6 Å². The second kappa shape index (κ2) is 18.5. The molecular weight excluding hydrogens is 712 g/mol. The third kappa shape index (κ3) is 10.2. The summed E-state index contributed by atoms with van der Waals surface area (Å²) in [6.07, 6.45) is 4.99. The summed E-state index contributed by atoms with van der Waals surface area (Å²) < 4.78 is 28.1. The van der Waals surface area contributed by atoms with Crippen molar-refractivity contribution in [1.82, 2.24) is 40.1 Å². The highest BCUT2D eigenvalue weighted by Gasteiger charge is 2.27. The minimum absolute atomic E-state index is 0.0166. The predicted molar refractivity (Wildman–Crippen MR) is 213 cm³/mol. The first-order valence-electron chi connectivity index (χ1n) is 20.1. The van der Waals surface area contributed by atoms with Crippen molar-refractivity contribution >= 4 is 11.8 Å². The molecule has 0 radical (unpaired) electrons. The van der Waals surface area contributed by atoms with Crippen LogP contribution in [0.3, 0.4) is 0 Å². The van der Waals surface area contributed by atoms with Crippen molar-refractivity contribution in [3.05, 3.63) is 94.7 Å². The molecule has 2 N–H and O–H groups in total. The molecule has 2 aromatic carbocycles. The summed E-state index contributed by atoms with van der Waals surface area (Å²) in [7, 11) is 1.81. The number of nitrogens with one attached hydrogen (secondary N) is 2. The summed E-state index contributed by atoms with van der Waals surface area (Å²) in [6.45, 7) is 14.6. The van der Waals surface area contributed by atoms with Gasteiger partial charge in [-0.3, -0.25) is 24.1 Å². The van der Waals surface area contributed by atoms with Crippen LogP contribution in [0.4, 0.5) is 4.39 Å². The fraction of sp³-hybridized carbons (Fsp3) is 0.488. The standard InChI is InChI=1S/C43H55FN8O4/c1-4-14-50-15-17-51(18-16-50)28-31-8-13-38(33(24-31)29-52-19-21-55-22-20-52)32-6-5-7-37(25-32)56-43-39(26-34(44)27-45-43)41(53)46-35-9-11-36(12-10-35)47-42(54)40-23-30(2)49(3)48-40/h5-8,13,23-27,35-36H,4,9-12,14-22,28-29H2,1-3H3,(H,46,53)(H,47,54)/t35-,36-. The molecule has 12 nitrogen and oxygen atoms in total. The molecule has 13 heteroatoms. The minimum atomic E-state index is -0.622. The van der Waals surface area contributed by atoms with Gasteiger partial charge in [0.15, 0.2) is 0 Å². The van der Waals surface area contributed by atoms with Gasteiger partial charge >= 0.3 is 0 Å². The number of ether oxygens (including phenoxy) is 2. The fourth-order valence-electron chi connectivity index (χ4n) is 7.99. The van der Waals surface area contributed by atoms with E-state index in [1.165, 1.54) is 30.2 Å². The number of pyridine rings is 1. The van der Waals surface area contributed by atoms with Gasteiger partial charge in [0.05, 0.1) is 19.4 Å². The molecule has 7 rings (SSSR count). The van der Waals surface area contributed by atoms with Gasteiger partial charge in [-0.1, -0.05) is 37.3 Å². The van der Waals surface area contributed by atoms with Crippen molar-refractivity contribution in [1.29, 1.82) is 0 Å². The number of carbonyl (C=O) groups is 2. The lowest BCUT2D eigenvalue weighted by Crippen LogP contribution is -2.46. The molecule has 4 heterocycles. The number of piperazine rings is 1. The van der Waals surface area contributed by atoms with E-state index in [9.17, 15) is 14.0 Å². The number of morpholine rings is 1. The molecule has 2 aliphatic heterocycles. The van der Waals surface area contributed by atoms with Gasteiger partial charge < -0.3 is 25.0 Å². The minimum Gasteiger partial charge on any atom is -0.438 e. The Labute approximate surface area is 329 Å². The van der Waals surface area contributed by atoms with Crippen LogP contribution in [-0.4, -0.2) is 112 Å². The van der Waals surface area contributed by atoms with Gasteiger partial charge in [-0.15, -0.1) is 0 Å². The maximum atomic E-state index is 14.6. The van der Waals surface area contributed by atoms with E-state index >= 15 is 0 Å². The molecular formula is C43H55FN8O4. The van der Waals surface area contributed by atoms with Gasteiger partial charge in [-0.25, -0.2) is 9.37 Å². The van der Waals surface area contributed by atoms with Gasteiger partial charge in [0, 0.05) is 77.2 Å². The lowest BCUT2D eigenvalue weighted by Gasteiger charge is -2.34. The maximum absolute atomic E-state index is 14.6. The Morgan fingerprint density at radius 3 is 2.25 bits per heavy atom. The highest BCUT2D eigenvalue weighted by Crippen LogP contribution is 2.32. The second-order valence-electron chi connectivity index (χ2n) is 15.4. The third-order valence-electron chi connectivity index (χ3n) is 11.2. The van der Waals surface area contributed by atoms with E-state index in [1.54, 1.807) is 10.7 Å². The van der Waals surface area contributed by atoms with Crippen molar-refractivity contribution in [3.8, 4) is 22.8 Å². The van der Waals surface area contributed by atoms with Crippen molar-refractivity contribution in [2.24, 2.45) is 7.05 Å². The molecule has 0 atom stereocenters. The zero-order valence-corrected chi connectivity index (χ0v) is 32.9. The number of hydrogen-bond donors (Lipinski definition) is 2. The normalized spacial score (nSPS) is 19.8. The van der Waals surface area contributed by atoms with Gasteiger partial charge in [-0.2, -0.15) is 5.10 Å². The summed E-state index contributed by atoms with van der Waals surface area (Å²) in [5.41, 5.74) is 5.98. The van der Waals surface area contributed by atoms with Crippen LogP contribution in [0.1, 0.15) is 76.7 Å². The summed E-state index contributed by atoms with van der Waals surface area (Å²) in [6, 6.07) is 17.4. The molecule has 0 spiro atoms. The Hall–Kier alpha value is -4.69. The van der Waals surface area contributed by atoms with Crippen molar-refractivity contribution in [2.45, 2.75) is 71.1 Å². The van der Waals surface area contributed by atoms with E-state index in [2.05, 4.69) is 66.6 Å². The number of aryl methyl sites for hydroxylation is 2. The monoisotopic (exact) mass is 766 g/mol. The molecule has 2 aromatic heterocycles. The molecule has 56 heavy (non-hydrogen) atoms. The van der Waals surface area contributed by atoms with Gasteiger partial charge in [0.1, 0.15) is 22.8 Å². The van der Waals surface area contributed by atoms with Crippen LogP contribution >= 0.6 is 0 Å². The lowest BCUT2D eigenvalue weighted by molar-refractivity contribution is 0.0342. The van der Waals surface area contributed by atoms with E-state index in [4.69, 9.17) is 9.47 Å². The highest BCUT2D eigenvalue weighted by molar-refractivity contribution is 5.96. The largest absolute Gasteiger partial charge is 0.438 e. The molecule has 0 unspecified atom stereocenters. The molecule has 3 aliphatic rings. The Bertz CT molecular complexity index is 1950. The van der Waals surface area contributed by atoms with Crippen molar-refractivity contribution in [3.63, 3.8) is 0 Å². The van der Waals surface area contributed by atoms with Gasteiger partial charge in [0.25, 0.3) is 11.8 Å². The molecule has 2 saturated heterocycles. The topological polar surface area (TPSA) is 117 Å². The SMILES string of the molecule is CCCN1CCN(Cc2ccc(-c3cccc(Oc4ncc(F)cc4C(=O)N[C@H]4CC[C@H](NC(=O)c5cc(C)n(C)n5)CC4)c3)c(CN3CCOCC3)c2)CC1. The summed E-state index contributed by atoms with van der Waals surface area (Å²) >= 11 is 0. The maximum Gasteiger partial charge on any atom is 0.272 e. The lowest BCUT2D eigenvalue weighted by atomic mass is 9.91. The molecule has 1 saturated carbocycles. The van der Waals surface area contributed by atoms with Crippen LogP contribution in [0.2, 0.25) is 0 Å². The van der Waals surface area contributed by atoms with Crippen LogP contribution in [0.25, 0.3) is 11.1 Å². The van der Waals surface area contributed by atoms with Crippen LogP contribution < -0.4 is 15.4 Å². The quantitative estimate of drug-likeness (QED) is 0.181. The van der Waals surface area contributed by atoms with E-state index < -0.39 is 11.7 Å². The zero-order valence-electron chi connectivity index (χ0n) is 32.9. The van der Waals surface area contributed by atoms with Crippen LogP contribution in [-0.2, 0) is 24.9 Å². The van der Waals surface area contributed by atoms with E-state index in [0.717, 1.165) is 88.6 Å². The first-order chi connectivity index (χ1) is 27.2. The van der Waals surface area contributed by atoms with Crippen LogP contribution in [0, 0.1) is 12.7 Å². The third-order valence-corrected chi connectivity index (χ3v) is 11.2. The molecule has 2 amide bonds. The molecule has 1 aliphatic carbocycles. The van der Waals surface area contributed by atoms with Gasteiger partial charge in [-0.05, 0) is 92.1 Å². The summed E-state index contributed by atoms with van der Waals surface area (Å²) in [5.74, 6) is -0.732. The predicted octanol–water partition coefficient (Wildman–Crippen LogP) is 5.55. The van der Waals surface area contributed by atoms with E-state index in [1.807, 2.05) is 32.2 Å². The molecule has 0 bridgehead atoms. The first-order valence-corrected chi connectivity index (χ1v) is 20.1. The number of hydrogen-bond acceptors (Lipinski definition) is 9. The Balaban J connectivity index is 1.02. The second-order valence-corrected chi connectivity index (χ2v) is 15.4. The smallest absolute Gasteiger partial charge is 0.272 e. The van der Waals surface area contributed by atoms with Crippen LogP contribution in [0.15, 0.2) is 60.8 Å². The van der Waals surface area contributed by atoms with Crippen molar-refractivity contribution in [2.75, 3.05) is 59.0 Å². The summed E-state index contributed by atoms with van der Waals surface area (Å²) in [4.78, 5) is 38.1. The number of amides is 2. The Morgan fingerprint density at radius 1 is 0.857 bits per heavy atom. The number of carbonyl (C=O) groups excluding carboxylic acids is 2. The number of halogens is 1. The average molecular weight is 767 g/mol. The fourth-order valence-corrected chi connectivity index (χ4v) is 7.99.